The number of hydrogen-bond acceptors (Lipinski definition) is 2. The van der Waals surface area contributed by atoms with Crippen LogP contribution in [0.3, 0.4) is 0 Å². The van der Waals surface area contributed by atoms with Gasteiger partial charge in [-0.3, -0.25) is 4.79 Å². The summed E-state index contributed by atoms with van der Waals surface area (Å²) in [6.07, 6.45) is 14.9. The van der Waals surface area contributed by atoms with Crippen molar-refractivity contribution in [3.8, 4) is 0 Å². The van der Waals surface area contributed by atoms with Crippen molar-refractivity contribution >= 4 is 5.91 Å². The number of amides is 1. The summed E-state index contributed by atoms with van der Waals surface area (Å²) in [5.41, 5.74) is 0. The van der Waals surface area contributed by atoms with E-state index in [1.54, 1.807) is 6.20 Å². The second kappa shape index (κ2) is 11.5. The van der Waals surface area contributed by atoms with Gasteiger partial charge in [0.2, 0.25) is 5.91 Å². The van der Waals surface area contributed by atoms with Gasteiger partial charge >= 0.3 is 0 Å². The zero-order valence-electron chi connectivity index (χ0n) is 12.8. The van der Waals surface area contributed by atoms with E-state index in [9.17, 15) is 4.79 Å². The summed E-state index contributed by atoms with van der Waals surface area (Å²) < 4.78 is 0. The lowest BCUT2D eigenvalue weighted by molar-refractivity contribution is -0.121. The number of hydrogen-bond donors (Lipinski definition) is 2. The predicted molar refractivity (Wildman–Crippen MR) is 82.5 cm³/mol. The summed E-state index contributed by atoms with van der Waals surface area (Å²) in [5.74, 6) is 1.18. The lowest BCUT2D eigenvalue weighted by Crippen LogP contribution is -2.24. The van der Waals surface area contributed by atoms with Crippen LogP contribution >= 0.6 is 0 Å². The van der Waals surface area contributed by atoms with Gasteiger partial charge in [0.25, 0.3) is 0 Å². The minimum atomic E-state index is 0.193. The molecule has 0 fully saturated rings. The van der Waals surface area contributed by atoms with Gasteiger partial charge in [0.05, 0.1) is 0 Å². The zero-order valence-corrected chi connectivity index (χ0v) is 12.8. The summed E-state index contributed by atoms with van der Waals surface area (Å²) in [4.78, 5) is 18.8. The molecule has 20 heavy (non-hydrogen) atoms. The van der Waals surface area contributed by atoms with Gasteiger partial charge < -0.3 is 10.3 Å². The SMILES string of the molecule is CCCCCCCCCC(=O)NCCCc1ncc[nH]1. The third kappa shape index (κ3) is 8.73. The Labute approximate surface area is 122 Å². The highest BCUT2D eigenvalue weighted by atomic mass is 16.1. The van der Waals surface area contributed by atoms with Crippen molar-refractivity contribution in [2.45, 2.75) is 71.1 Å². The van der Waals surface area contributed by atoms with Crippen LogP contribution in [-0.2, 0) is 11.2 Å². The van der Waals surface area contributed by atoms with Crippen LogP contribution in [0.2, 0.25) is 0 Å². The molecule has 0 bridgehead atoms. The first-order chi connectivity index (χ1) is 9.83. The molecule has 4 heteroatoms. The lowest BCUT2D eigenvalue weighted by atomic mass is 10.1. The second-order valence-corrected chi connectivity index (χ2v) is 5.36. The van der Waals surface area contributed by atoms with Crippen LogP contribution in [-0.4, -0.2) is 22.4 Å². The summed E-state index contributed by atoms with van der Waals surface area (Å²) in [7, 11) is 0. The third-order valence-corrected chi connectivity index (χ3v) is 3.47. The molecular weight excluding hydrogens is 250 g/mol. The molecule has 1 aromatic heterocycles. The molecule has 0 aliphatic rings. The molecule has 0 saturated heterocycles. The molecule has 0 radical (unpaired) electrons. The molecule has 1 amide bonds. The van der Waals surface area contributed by atoms with Crippen LogP contribution < -0.4 is 5.32 Å². The number of rotatable bonds is 12. The van der Waals surface area contributed by atoms with Crippen molar-refractivity contribution < 1.29 is 4.79 Å². The number of nitrogens with one attached hydrogen (secondary N) is 2. The van der Waals surface area contributed by atoms with Crippen molar-refractivity contribution in [2.75, 3.05) is 6.54 Å². The number of H-pyrrole nitrogens is 1. The monoisotopic (exact) mass is 279 g/mol. The number of aromatic amines is 1. The molecule has 1 rings (SSSR count). The first-order valence-corrected chi connectivity index (χ1v) is 8.08. The average molecular weight is 279 g/mol. The second-order valence-electron chi connectivity index (χ2n) is 5.36. The van der Waals surface area contributed by atoms with Gasteiger partial charge in [-0.05, 0) is 12.8 Å². The van der Waals surface area contributed by atoms with Crippen LogP contribution in [0.5, 0.6) is 0 Å². The molecule has 0 aliphatic carbocycles. The van der Waals surface area contributed by atoms with E-state index in [0.717, 1.165) is 31.6 Å². The Bertz CT molecular complexity index is 336. The van der Waals surface area contributed by atoms with Gasteiger partial charge in [-0.15, -0.1) is 0 Å². The van der Waals surface area contributed by atoms with Gasteiger partial charge in [0.15, 0.2) is 0 Å². The minimum absolute atomic E-state index is 0.193. The number of aromatic nitrogens is 2. The fraction of sp³-hybridized carbons (Fsp3) is 0.750. The van der Waals surface area contributed by atoms with Crippen molar-refractivity contribution in [1.29, 1.82) is 0 Å². The van der Waals surface area contributed by atoms with Crippen molar-refractivity contribution in [3.05, 3.63) is 18.2 Å². The minimum Gasteiger partial charge on any atom is -0.356 e. The summed E-state index contributed by atoms with van der Waals surface area (Å²) in [6.45, 7) is 2.98. The molecule has 0 unspecified atom stereocenters. The Hall–Kier alpha value is -1.32. The van der Waals surface area contributed by atoms with Crippen molar-refractivity contribution in [3.63, 3.8) is 0 Å². The summed E-state index contributed by atoms with van der Waals surface area (Å²) >= 11 is 0. The molecule has 1 heterocycles. The van der Waals surface area contributed by atoms with E-state index in [2.05, 4.69) is 22.2 Å². The molecule has 2 N–H and O–H groups in total. The molecule has 0 saturated carbocycles. The van der Waals surface area contributed by atoms with Gasteiger partial charge in [-0.2, -0.15) is 0 Å². The summed E-state index contributed by atoms with van der Waals surface area (Å²) in [5, 5.41) is 2.98. The first kappa shape index (κ1) is 16.7. The van der Waals surface area contributed by atoms with Gasteiger partial charge in [-0.1, -0.05) is 45.4 Å². The highest BCUT2D eigenvalue weighted by Gasteiger charge is 2.01. The highest BCUT2D eigenvalue weighted by molar-refractivity contribution is 5.75. The number of nitrogens with zero attached hydrogens (tertiary/aromatic N) is 1. The molecule has 114 valence electrons. The Morgan fingerprint density at radius 1 is 1.15 bits per heavy atom. The standard InChI is InChI=1S/C16H29N3O/c1-2-3-4-5-6-7-8-11-16(20)19-12-9-10-15-17-13-14-18-15/h13-14H,2-12H2,1H3,(H,17,18)(H,19,20). The zero-order chi connectivity index (χ0) is 14.5. The van der Waals surface area contributed by atoms with E-state index < -0.39 is 0 Å². The molecule has 0 aromatic carbocycles. The molecule has 0 spiro atoms. The Kier molecular flexibility index (Phi) is 9.62. The third-order valence-electron chi connectivity index (χ3n) is 3.47. The van der Waals surface area contributed by atoms with Crippen LogP contribution in [0.1, 0.15) is 70.5 Å². The fourth-order valence-electron chi connectivity index (χ4n) is 2.25. The first-order valence-electron chi connectivity index (χ1n) is 8.08. The van der Waals surface area contributed by atoms with Gasteiger partial charge in [0, 0.05) is 31.8 Å². The largest absolute Gasteiger partial charge is 0.356 e. The molecule has 0 atom stereocenters. The van der Waals surface area contributed by atoms with E-state index in [1.165, 1.54) is 38.5 Å². The van der Waals surface area contributed by atoms with Gasteiger partial charge in [-0.25, -0.2) is 4.98 Å². The van der Waals surface area contributed by atoms with Crippen LogP contribution in [0.4, 0.5) is 0 Å². The lowest BCUT2D eigenvalue weighted by Gasteiger charge is -2.04. The van der Waals surface area contributed by atoms with Crippen LogP contribution in [0.25, 0.3) is 0 Å². The fourth-order valence-corrected chi connectivity index (χ4v) is 2.25. The van der Waals surface area contributed by atoms with Crippen LogP contribution in [0.15, 0.2) is 12.4 Å². The van der Waals surface area contributed by atoms with Crippen molar-refractivity contribution in [1.82, 2.24) is 15.3 Å². The predicted octanol–water partition coefficient (Wildman–Crippen LogP) is 3.60. The van der Waals surface area contributed by atoms with Crippen LogP contribution in [0, 0.1) is 0 Å². The molecule has 1 aromatic rings. The molecule has 0 aliphatic heterocycles. The molecule has 4 nitrogen and oxygen atoms in total. The van der Waals surface area contributed by atoms with E-state index in [-0.39, 0.29) is 5.91 Å². The number of aryl methyl sites for hydroxylation is 1. The van der Waals surface area contributed by atoms with Gasteiger partial charge in [0.1, 0.15) is 5.82 Å². The number of carbonyl (C=O) groups is 1. The topological polar surface area (TPSA) is 57.8 Å². The maximum absolute atomic E-state index is 11.6. The van der Waals surface area contributed by atoms with E-state index >= 15 is 0 Å². The highest BCUT2D eigenvalue weighted by Crippen LogP contribution is 2.08. The summed E-state index contributed by atoms with van der Waals surface area (Å²) in [6, 6.07) is 0. The maximum Gasteiger partial charge on any atom is 0.219 e. The van der Waals surface area contributed by atoms with E-state index in [1.807, 2.05) is 6.20 Å². The molecular formula is C16H29N3O. The normalized spacial score (nSPS) is 10.7. The quantitative estimate of drug-likeness (QED) is 0.574. The van der Waals surface area contributed by atoms with Crippen molar-refractivity contribution in [2.24, 2.45) is 0 Å². The van der Waals surface area contributed by atoms with E-state index in [4.69, 9.17) is 0 Å². The Balaban J connectivity index is 1.85. The number of carbonyl (C=O) groups excluding carboxylic acids is 1. The average Bonchev–Trinajstić information content (AvgIpc) is 2.96. The number of imidazole rings is 1. The van der Waals surface area contributed by atoms with E-state index in [0.29, 0.717) is 6.42 Å². The Morgan fingerprint density at radius 3 is 2.60 bits per heavy atom. The maximum atomic E-state index is 11.6. The smallest absolute Gasteiger partial charge is 0.219 e. The Morgan fingerprint density at radius 2 is 1.90 bits per heavy atom. The number of unbranched alkanes of at least 4 members (excludes halogenated alkanes) is 6.